The number of carbonyl (C=O) groups is 1. The Morgan fingerprint density at radius 1 is 1.11 bits per heavy atom. The van der Waals surface area contributed by atoms with Gasteiger partial charge in [0.25, 0.3) is 5.91 Å². The summed E-state index contributed by atoms with van der Waals surface area (Å²) < 4.78 is 1.62. The van der Waals surface area contributed by atoms with Crippen LogP contribution >= 0.6 is 23.2 Å². The van der Waals surface area contributed by atoms with Crippen molar-refractivity contribution in [2.75, 3.05) is 27.2 Å². The molecule has 140 valence electrons. The summed E-state index contributed by atoms with van der Waals surface area (Å²) in [6.07, 6.45) is 0. The number of rotatable bonds is 6. The summed E-state index contributed by atoms with van der Waals surface area (Å²) in [7, 11) is 4.08. The van der Waals surface area contributed by atoms with Gasteiger partial charge in [-0.3, -0.25) is 4.79 Å². The number of nitrogens with one attached hydrogen (secondary N) is 2. The monoisotopic (exact) mass is 403 g/mol. The molecule has 1 aromatic heterocycles. The Hall–Kier alpha value is -2.34. The van der Waals surface area contributed by atoms with Crippen molar-refractivity contribution in [3.05, 3.63) is 70.3 Å². The third-order valence-electron chi connectivity index (χ3n) is 4.07. The highest BCUT2D eigenvalue weighted by Crippen LogP contribution is 2.28. The van der Waals surface area contributed by atoms with E-state index in [0.717, 1.165) is 17.8 Å². The van der Waals surface area contributed by atoms with Crippen molar-refractivity contribution in [3.63, 3.8) is 0 Å². The van der Waals surface area contributed by atoms with Crippen molar-refractivity contribution in [3.8, 4) is 16.9 Å². The van der Waals surface area contributed by atoms with E-state index in [1.165, 1.54) is 4.90 Å². The largest absolute Gasteiger partial charge is 0.345 e. The van der Waals surface area contributed by atoms with Gasteiger partial charge in [-0.05, 0) is 36.4 Å². The number of hydrogen-bond acceptors (Lipinski definition) is 2. The van der Waals surface area contributed by atoms with Crippen LogP contribution in [0.2, 0.25) is 10.0 Å². The molecule has 2 aromatic carbocycles. The van der Waals surface area contributed by atoms with E-state index in [9.17, 15) is 4.79 Å². The first-order valence-corrected chi connectivity index (χ1v) is 9.39. The number of nitrogens with zero attached hydrogens (tertiary/aromatic N) is 2. The van der Waals surface area contributed by atoms with Gasteiger partial charge in [0.05, 0.1) is 43.6 Å². The molecule has 0 saturated heterocycles. The first-order chi connectivity index (χ1) is 13.0. The number of carbonyl (C=O) groups excluding carboxylic acids is 1. The Morgan fingerprint density at radius 3 is 2.48 bits per heavy atom. The predicted octanol–water partition coefficient (Wildman–Crippen LogP) is 2.72. The molecule has 5 nitrogen and oxygen atoms in total. The van der Waals surface area contributed by atoms with E-state index < -0.39 is 0 Å². The molecule has 3 rings (SSSR count). The molecule has 0 aliphatic rings. The maximum atomic E-state index is 12.8. The van der Waals surface area contributed by atoms with Crippen LogP contribution in [0.4, 0.5) is 0 Å². The Bertz CT molecular complexity index is 935. The minimum absolute atomic E-state index is 0.183. The van der Waals surface area contributed by atoms with Gasteiger partial charge >= 0.3 is 0 Å². The summed E-state index contributed by atoms with van der Waals surface area (Å²) in [5.74, 6) is -0.183. The molecular weight excluding hydrogens is 383 g/mol. The second-order valence-electron chi connectivity index (χ2n) is 6.50. The van der Waals surface area contributed by atoms with Crippen molar-refractivity contribution >= 4 is 29.1 Å². The molecule has 0 radical (unpaired) electrons. The fourth-order valence-electron chi connectivity index (χ4n) is 2.64. The Labute approximate surface area is 168 Å². The zero-order valence-corrected chi connectivity index (χ0v) is 16.7. The summed E-state index contributed by atoms with van der Waals surface area (Å²) in [6, 6.07) is 16.4. The van der Waals surface area contributed by atoms with E-state index in [4.69, 9.17) is 23.2 Å². The van der Waals surface area contributed by atoms with E-state index in [-0.39, 0.29) is 5.91 Å². The second kappa shape index (κ2) is 8.57. The Morgan fingerprint density at radius 2 is 1.81 bits per heavy atom. The van der Waals surface area contributed by atoms with Crippen molar-refractivity contribution in [1.29, 1.82) is 0 Å². The average molecular weight is 404 g/mol. The lowest BCUT2D eigenvalue weighted by Crippen LogP contribution is -3.06. The summed E-state index contributed by atoms with van der Waals surface area (Å²) in [4.78, 5) is 14.0. The van der Waals surface area contributed by atoms with Gasteiger partial charge in [-0.1, -0.05) is 41.4 Å². The van der Waals surface area contributed by atoms with Crippen LogP contribution in [0.3, 0.4) is 0 Å². The molecule has 0 aliphatic heterocycles. The van der Waals surface area contributed by atoms with Gasteiger partial charge in [-0.15, -0.1) is 0 Å². The summed E-state index contributed by atoms with van der Waals surface area (Å²) in [6.45, 7) is 1.41. The molecule has 0 bridgehead atoms. The van der Waals surface area contributed by atoms with Gasteiger partial charge in [0.1, 0.15) is 5.69 Å². The van der Waals surface area contributed by atoms with E-state index >= 15 is 0 Å². The molecule has 1 amide bonds. The number of hydrogen-bond donors (Lipinski definition) is 2. The highest BCUT2D eigenvalue weighted by atomic mass is 35.5. The van der Waals surface area contributed by atoms with E-state index in [1.807, 2.05) is 44.4 Å². The van der Waals surface area contributed by atoms with Crippen LogP contribution < -0.4 is 10.2 Å². The molecule has 0 fully saturated rings. The first-order valence-electron chi connectivity index (χ1n) is 8.64. The van der Waals surface area contributed by atoms with Crippen LogP contribution in [0, 0.1) is 0 Å². The van der Waals surface area contributed by atoms with E-state index in [1.54, 1.807) is 28.9 Å². The summed E-state index contributed by atoms with van der Waals surface area (Å²) >= 11 is 12.3. The highest BCUT2D eigenvalue weighted by Gasteiger charge is 2.18. The lowest BCUT2D eigenvalue weighted by Gasteiger charge is -2.10. The van der Waals surface area contributed by atoms with Crippen LogP contribution in [-0.4, -0.2) is 42.9 Å². The maximum absolute atomic E-state index is 12.8. The third kappa shape index (κ3) is 4.69. The topological polar surface area (TPSA) is 51.4 Å². The number of likely N-dealkylation sites (N-methyl/N-ethyl adjacent to an activating group) is 1. The molecule has 0 aliphatic carbocycles. The van der Waals surface area contributed by atoms with Crippen molar-refractivity contribution < 1.29 is 9.69 Å². The molecule has 0 atom stereocenters. The summed E-state index contributed by atoms with van der Waals surface area (Å²) in [5.41, 5.74) is 2.61. The number of quaternary nitrogens is 1. The molecule has 27 heavy (non-hydrogen) atoms. The fourth-order valence-corrected chi connectivity index (χ4v) is 3.00. The molecule has 1 heterocycles. The zero-order chi connectivity index (χ0) is 19.4. The molecule has 0 unspecified atom stereocenters. The Balaban J connectivity index is 2.00. The quantitative estimate of drug-likeness (QED) is 0.664. The van der Waals surface area contributed by atoms with E-state index in [2.05, 4.69) is 10.4 Å². The number of benzene rings is 2. The lowest BCUT2D eigenvalue weighted by molar-refractivity contribution is -0.856. The van der Waals surface area contributed by atoms with E-state index in [0.29, 0.717) is 28.0 Å². The molecule has 3 aromatic rings. The SMILES string of the molecule is C[NH+](C)CCNC(=O)c1cc(-c2ccccc2Cl)nn1-c1ccc(Cl)cc1. The summed E-state index contributed by atoms with van der Waals surface area (Å²) in [5, 5.41) is 8.79. The lowest BCUT2D eigenvalue weighted by atomic mass is 10.1. The normalized spacial score (nSPS) is 11.0. The molecule has 0 saturated carbocycles. The Kier molecular flexibility index (Phi) is 6.16. The maximum Gasteiger partial charge on any atom is 0.270 e. The zero-order valence-electron chi connectivity index (χ0n) is 15.2. The van der Waals surface area contributed by atoms with Crippen LogP contribution in [0.1, 0.15) is 10.5 Å². The third-order valence-corrected chi connectivity index (χ3v) is 4.66. The molecule has 7 heteroatoms. The van der Waals surface area contributed by atoms with Crippen LogP contribution in [0.5, 0.6) is 0 Å². The van der Waals surface area contributed by atoms with Gasteiger partial charge < -0.3 is 10.2 Å². The van der Waals surface area contributed by atoms with Gasteiger partial charge in [0.15, 0.2) is 0 Å². The van der Waals surface area contributed by atoms with Gasteiger partial charge in [0.2, 0.25) is 0 Å². The minimum Gasteiger partial charge on any atom is -0.345 e. The van der Waals surface area contributed by atoms with Gasteiger partial charge in [-0.2, -0.15) is 5.10 Å². The van der Waals surface area contributed by atoms with Gasteiger partial charge in [0, 0.05) is 10.6 Å². The first kappa shape index (κ1) is 19.4. The van der Waals surface area contributed by atoms with Crippen LogP contribution in [0.15, 0.2) is 54.6 Å². The second-order valence-corrected chi connectivity index (χ2v) is 7.34. The highest BCUT2D eigenvalue weighted by molar-refractivity contribution is 6.33. The smallest absolute Gasteiger partial charge is 0.270 e. The molecule has 0 spiro atoms. The van der Waals surface area contributed by atoms with Gasteiger partial charge in [-0.25, -0.2) is 4.68 Å². The molecular formula is C20H21Cl2N4O+. The van der Waals surface area contributed by atoms with Crippen LogP contribution in [0.25, 0.3) is 16.9 Å². The van der Waals surface area contributed by atoms with Crippen molar-refractivity contribution in [1.82, 2.24) is 15.1 Å². The van der Waals surface area contributed by atoms with Crippen LogP contribution in [-0.2, 0) is 0 Å². The predicted molar refractivity (Wildman–Crippen MR) is 109 cm³/mol. The molecule has 2 N–H and O–H groups in total. The number of amides is 1. The fraction of sp³-hybridized carbons (Fsp3) is 0.200. The number of halogens is 2. The standard InChI is InChI=1S/C20H20Cl2N4O/c1-25(2)12-11-23-20(27)19-13-18(16-5-3-4-6-17(16)22)24-26(19)15-9-7-14(21)8-10-15/h3-10,13H,11-12H2,1-2H3,(H,23,27)/p+1. The van der Waals surface area contributed by atoms with Crippen molar-refractivity contribution in [2.24, 2.45) is 0 Å². The van der Waals surface area contributed by atoms with Crippen molar-refractivity contribution in [2.45, 2.75) is 0 Å². The minimum atomic E-state index is -0.183. The average Bonchev–Trinajstić information content (AvgIpc) is 3.07. The number of aromatic nitrogens is 2.